The predicted molar refractivity (Wildman–Crippen MR) is 31.5 cm³/mol. The Hall–Kier alpha value is -0.0800. The molecule has 1 saturated heterocycles. The highest BCUT2D eigenvalue weighted by atomic mass is 16.5. The van der Waals surface area contributed by atoms with Crippen molar-refractivity contribution in [3.63, 3.8) is 0 Å². The van der Waals surface area contributed by atoms with Crippen LogP contribution < -0.4 is 0 Å². The Morgan fingerprint density at radius 1 is 1.62 bits per heavy atom. The first-order valence-electron chi connectivity index (χ1n) is 3.17. The van der Waals surface area contributed by atoms with Crippen molar-refractivity contribution >= 4 is 0 Å². The van der Waals surface area contributed by atoms with Gasteiger partial charge in [0.05, 0.1) is 7.05 Å². The fourth-order valence-electron chi connectivity index (χ4n) is 1.35. The molecule has 2 heteroatoms. The highest BCUT2D eigenvalue weighted by Gasteiger charge is 2.30. The van der Waals surface area contributed by atoms with E-state index in [-0.39, 0.29) is 4.65 Å². The second kappa shape index (κ2) is 1.71. The van der Waals surface area contributed by atoms with Gasteiger partial charge in [0.25, 0.3) is 0 Å². The van der Waals surface area contributed by atoms with Crippen LogP contribution >= 0.6 is 0 Å². The average Bonchev–Trinajstić information content (AvgIpc) is 1.82. The third-order valence-corrected chi connectivity index (χ3v) is 1.81. The van der Waals surface area contributed by atoms with E-state index in [0.29, 0.717) is 5.92 Å². The minimum atomic E-state index is 0.237. The molecule has 2 unspecified atom stereocenters. The number of likely N-dealkylation sites (tertiary alicyclic amines) is 1. The highest BCUT2D eigenvalue weighted by Crippen LogP contribution is 2.18. The van der Waals surface area contributed by atoms with Crippen molar-refractivity contribution in [1.82, 2.24) is 0 Å². The SMILES string of the molecule is CC1CC[N+](C)(O)C1. The van der Waals surface area contributed by atoms with Gasteiger partial charge in [0.2, 0.25) is 0 Å². The summed E-state index contributed by atoms with van der Waals surface area (Å²) < 4.78 is 0.237. The molecule has 2 atom stereocenters. The van der Waals surface area contributed by atoms with Crippen molar-refractivity contribution in [1.29, 1.82) is 0 Å². The van der Waals surface area contributed by atoms with Crippen molar-refractivity contribution in [2.24, 2.45) is 5.92 Å². The van der Waals surface area contributed by atoms with Gasteiger partial charge in [0.15, 0.2) is 0 Å². The maximum Gasteiger partial charge on any atom is 0.111 e. The summed E-state index contributed by atoms with van der Waals surface area (Å²) in [5.74, 6) is 0.713. The second-order valence-corrected chi connectivity index (χ2v) is 3.14. The molecule has 0 aliphatic carbocycles. The van der Waals surface area contributed by atoms with Crippen molar-refractivity contribution < 1.29 is 9.85 Å². The zero-order chi connectivity index (χ0) is 6.20. The van der Waals surface area contributed by atoms with E-state index in [1.807, 2.05) is 7.05 Å². The lowest BCUT2D eigenvalue weighted by Crippen LogP contribution is -2.37. The zero-order valence-electron chi connectivity index (χ0n) is 5.59. The second-order valence-electron chi connectivity index (χ2n) is 3.14. The maximum atomic E-state index is 9.30. The molecule has 1 heterocycles. The van der Waals surface area contributed by atoms with Crippen LogP contribution in [-0.4, -0.2) is 30.0 Å². The lowest BCUT2D eigenvalue weighted by molar-refractivity contribution is -1.08. The van der Waals surface area contributed by atoms with E-state index in [0.717, 1.165) is 13.1 Å². The van der Waals surface area contributed by atoms with Crippen LogP contribution in [0.25, 0.3) is 0 Å². The first-order chi connectivity index (χ1) is 3.60. The van der Waals surface area contributed by atoms with Crippen molar-refractivity contribution in [3.05, 3.63) is 0 Å². The fourth-order valence-corrected chi connectivity index (χ4v) is 1.35. The third-order valence-electron chi connectivity index (χ3n) is 1.81. The van der Waals surface area contributed by atoms with E-state index in [4.69, 9.17) is 0 Å². The van der Waals surface area contributed by atoms with Crippen LogP contribution in [0.3, 0.4) is 0 Å². The van der Waals surface area contributed by atoms with Crippen molar-refractivity contribution in [2.75, 3.05) is 20.1 Å². The van der Waals surface area contributed by atoms with E-state index in [2.05, 4.69) is 6.92 Å². The molecule has 1 fully saturated rings. The normalized spacial score (nSPS) is 47.6. The molecule has 1 aliphatic heterocycles. The van der Waals surface area contributed by atoms with E-state index in [9.17, 15) is 5.21 Å². The Labute approximate surface area is 50.3 Å². The molecular formula is C6H14NO+. The Morgan fingerprint density at radius 3 is 2.38 bits per heavy atom. The van der Waals surface area contributed by atoms with Gasteiger partial charge < -0.3 is 0 Å². The van der Waals surface area contributed by atoms with Crippen LogP contribution in [0.5, 0.6) is 0 Å². The fraction of sp³-hybridized carbons (Fsp3) is 1.00. The molecule has 1 N–H and O–H groups in total. The Balaban J connectivity index is 2.44. The topological polar surface area (TPSA) is 20.2 Å². The monoisotopic (exact) mass is 116 g/mol. The Morgan fingerprint density at radius 2 is 2.25 bits per heavy atom. The smallest absolute Gasteiger partial charge is 0.111 e. The van der Waals surface area contributed by atoms with E-state index in [1.54, 1.807) is 0 Å². The maximum absolute atomic E-state index is 9.30. The van der Waals surface area contributed by atoms with Gasteiger partial charge in [0, 0.05) is 12.3 Å². The van der Waals surface area contributed by atoms with Crippen LogP contribution in [-0.2, 0) is 0 Å². The molecule has 8 heavy (non-hydrogen) atoms. The molecule has 0 amide bonds. The molecule has 2 nitrogen and oxygen atoms in total. The van der Waals surface area contributed by atoms with Crippen LogP contribution in [0.15, 0.2) is 0 Å². The van der Waals surface area contributed by atoms with E-state index in [1.165, 1.54) is 6.42 Å². The summed E-state index contributed by atoms with van der Waals surface area (Å²) in [5, 5.41) is 9.30. The van der Waals surface area contributed by atoms with Crippen LogP contribution in [0, 0.1) is 5.92 Å². The van der Waals surface area contributed by atoms with Gasteiger partial charge in [-0.15, -0.1) is 0 Å². The number of hydrogen-bond donors (Lipinski definition) is 1. The van der Waals surface area contributed by atoms with Gasteiger partial charge in [-0.05, 0) is 0 Å². The largest absolute Gasteiger partial charge is 0.217 e. The van der Waals surface area contributed by atoms with Gasteiger partial charge in [-0.2, -0.15) is 4.65 Å². The average molecular weight is 116 g/mol. The molecule has 0 saturated carbocycles. The minimum absolute atomic E-state index is 0.237. The first kappa shape index (κ1) is 6.05. The van der Waals surface area contributed by atoms with Crippen molar-refractivity contribution in [3.8, 4) is 0 Å². The Kier molecular flexibility index (Phi) is 1.29. The molecule has 1 aliphatic rings. The number of hydroxylamine groups is 3. The van der Waals surface area contributed by atoms with E-state index < -0.39 is 0 Å². The molecule has 0 radical (unpaired) electrons. The van der Waals surface area contributed by atoms with Crippen molar-refractivity contribution in [2.45, 2.75) is 13.3 Å². The van der Waals surface area contributed by atoms with Gasteiger partial charge in [-0.3, -0.25) is 0 Å². The summed E-state index contributed by atoms with van der Waals surface area (Å²) in [6.45, 7) is 4.04. The first-order valence-corrected chi connectivity index (χ1v) is 3.17. The predicted octanol–water partition coefficient (Wildman–Crippen LogP) is 0.862. The lowest BCUT2D eigenvalue weighted by atomic mass is 10.2. The summed E-state index contributed by atoms with van der Waals surface area (Å²) in [4.78, 5) is 0. The van der Waals surface area contributed by atoms with Crippen LogP contribution in [0.1, 0.15) is 13.3 Å². The summed E-state index contributed by atoms with van der Waals surface area (Å²) in [6.07, 6.45) is 1.17. The van der Waals surface area contributed by atoms with Crippen LogP contribution in [0.4, 0.5) is 0 Å². The molecule has 0 aromatic rings. The van der Waals surface area contributed by atoms with Crippen LogP contribution in [0.2, 0.25) is 0 Å². The van der Waals surface area contributed by atoms with Gasteiger partial charge in [-0.1, -0.05) is 6.92 Å². The molecule has 0 aromatic carbocycles. The molecule has 0 aromatic heterocycles. The molecule has 0 spiro atoms. The third kappa shape index (κ3) is 1.20. The van der Waals surface area contributed by atoms with Gasteiger partial charge in [0.1, 0.15) is 13.1 Å². The van der Waals surface area contributed by atoms with Gasteiger partial charge >= 0.3 is 0 Å². The minimum Gasteiger partial charge on any atom is -0.217 e. The van der Waals surface area contributed by atoms with Gasteiger partial charge in [-0.25, -0.2) is 5.21 Å². The quantitative estimate of drug-likeness (QED) is 0.465. The highest BCUT2D eigenvalue weighted by molar-refractivity contribution is 4.55. The number of nitrogens with zero attached hydrogens (tertiary/aromatic N) is 1. The zero-order valence-corrected chi connectivity index (χ0v) is 5.59. The summed E-state index contributed by atoms with van der Waals surface area (Å²) in [5.41, 5.74) is 0. The standard InChI is InChI=1S/C6H14NO/c1-6-3-4-7(2,8)5-6/h6,8H,3-5H2,1-2H3/q+1. The number of quaternary nitrogens is 1. The molecule has 0 bridgehead atoms. The molecular weight excluding hydrogens is 102 g/mol. The lowest BCUT2D eigenvalue weighted by Gasteiger charge is -2.17. The molecule has 1 rings (SSSR count). The Bertz CT molecular complexity index is 90.5. The number of hydrogen-bond acceptors (Lipinski definition) is 1. The summed E-state index contributed by atoms with van der Waals surface area (Å²) >= 11 is 0. The molecule has 48 valence electrons. The summed E-state index contributed by atoms with van der Waals surface area (Å²) in [7, 11) is 1.86. The van der Waals surface area contributed by atoms with E-state index >= 15 is 0 Å². The summed E-state index contributed by atoms with van der Waals surface area (Å²) in [6, 6.07) is 0. The number of rotatable bonds is 0.